The number of hydrogen-bond acceptors (Lipinski definition) is 3. The quantitative estimate of drug-likeness (QED) is 0.679. The maximum atomic E-state index is 10.7. The van der Waals surface area contributed by atoms with Crippen LogP contribution in [-0.2, 0) is 0 Å². The summed E-state index contributed by atoms with van der Waals surface area (Å²) in [6.07, 6.45) is 2.45. The zero-order valence-corrected chi connectivity index (χ0v) is 8.92. The fourth-order valence-corrected chi connectivity index (χ4v) is 1.83. The van der Waals surface area contributed by atoms with Crippen LogP contribution in [-0.4, -0.2) is 21.5 Å². The van der Waals surface area contributed by atoms with Crippen molar-refractivity contribution in [1.82, 2.24) is 15.2 Å². The van der Waals surface area contributed by atoms with Gasteiger partial charge in [-0.15, -0.1) is 0 Å². The summed E-state index contributed by atoms with van der Waals surface area (Å²) >= 11 is 0. The average Bonchev–Trinajstić information content (AvgIpc) is 2.81. The summed E-state index contributed by atoms with van der Waals surface area (Å²) < 4.78 is 0. The van der Waals surface area contributed by atoms with E-state index in [0.717, 1.165) is 28.4 Å². The Labute approximate surface area is 97.3 Å². The van der Waals surface area contributed by atoms with Crippen molar-refractivity contribution in [3.63, 3.8) is 0 Å². The molecule has 4 nitrogen and oxygen atoms in total. The van der Waals surface area contributed by atoms with Crippen LogP contribution in [0.1, 0.15) is 10.5 Å². The van der Waals surface area contributed by atoms with E-state index in [1.165, 1.54) is 0 Å². The molecule has 82 valence electrons. The number of rotatable bonds is 2. The summed E-state index contributed by atoms with van der Waals surface area (Å²) in [5.74, 6) is 0. The molecule has 0 unspecified atom stereocenters. The molecule has 0 amide bonds. The molecule has 1 N–H and O–H groups in total. The first-order valence-corrected chi connectivity index (χ1v) is 5.23. The van der Waals surface area contributed by atoms with E-state index >= 15 is 0 Å². The van der Waals surface area contributed by atoms with Gasteiger partial charge in [0.1, 0.15) is 0 Å². The second-order valence-electron chi connectivity index (χ2n) is 3.75. The van der Waals surface area contributed by atoms with Gasteiger partial charge in [0.15, 0.2) is 6.29 Å². The molecule has 0 radical (unpaired) electrons. The largest absolute Gasteiger partial charge is 0.352 e. The van der Waals surface area contributed by atoms with Crippen molar-refractivity contribution in [3.8, 4) is 11.3 Å². The molecule has 0 saturated heterocycles. The van der Waals surface area contributed by atoms with Crippen molar-refractivity contribution in [1.29, 1.82) is 0 Å². The summed E-state index contributed by atoms with van der Waals surface area (Å²) in [5.41, 5.74) is 3.30. The Balaban J connectivity index is 2.16. The zero-order valence-electron chi connectivity index (χ0n) is 8.92. The molecule has 3 aromatic rings. The Kier molecular flexibility index (Phi) is 2.19. The van der Waals surface area contributed by atoms with E-state index in [2.05, 4.69) is 15.2 Å². The van der Waals surface area contributed by atoms with Gasteiger partial charge in [-0.2, -0.15) is 10.2 Å². The molecule has 3 rings (SSSR count). The number of fused-ring (bicyclic) bond motifs is 1. The van der Waals surface area contributed by atoms with Gasteiger partial charge >= 0.3 is 0 Å². The molecule has 4 heteroatoms. The third kappa shape index (κ3) is 1.69. The Hall–Kier alpha value is -2.49. The molecule has 0 aliphatic rings. The van der Waals surface area contributed by atoms with Crippen molar-refractivity contribution in [2.75, 3.05) is 0 Å². The normalized spacial score (nSPS) is 10.6. The van der Waals surface area contributed by atoms with E-state index in [0.29, 0.717) is 5.69 Å². The van der Waals surface area contributed by atoms with Crippen LogP contribution in [0.15, 0.2) is 42.6 Å². The molecule has 0 atom stereocenters. The van der Waals surface area contributed by atoms with Crippen LogP contribution in [0.3, 0.4) is 0 Å². The highest BCUT2D eigenvalue weighted by molar-refractivity contribution is 5.90. The first-order chi connectivity index (χ1) is 8.36. The van der Waals surface area contributed by atoms with Gasteiger partial charge in [0.2, 0.25) is 0 Å². The highest BCUT2D eigenvalue weighted by Crippen LogP contribution is 2.22. The number of aldehydes is 1. The zero-order chi connectivity index (χ0) is 11.7. The Morgan fingerprint density at radius 1 is 1.18 bits per heavy atom. The van der Waals surface area contributed by atoms with Crippen LogP contribution in [0.25, 0.3) is 22.2 Å². The first kappa shape index (κ1) is 9.72. The minimum Gasteiger partial charge on any atom is -0.352 e. The molecule has 0 saturated carbocycles. The smallest absolute Gasteiger partial charge is 0.166 e. The monoisotopic (exact) mass is 223 g/mol. The summed E-state index contributed by atoms with van der Waals surface area (Å²) in [7, 11) is 0. The third-order valence-corrected chi connectivity index (χ3v) is 2.64. The predicted octanol–water partition coefficient (Wildman–Crippen LogP) is 2.44. The maximum Gasteiger partial charge on any atom is 0.166 e. The van der Waals surface area contributed by atoms with Gasteiger partial charge in [-0.1, -0.05) is 12.1 Å². The van der Waals surface area contributed by atoms with Crippen LogP contribution < -0.4 is 0 Å². The van der Waals surface area contributed by atoms with E-state index in [4.69, 9.17) is 0 Å². The molecule has 1 aromatic carbocycles. The van der Waals surface area contributed by atoms with E-state index in [-0.39, 0.29) is 0 Å². The van der Waals surface area contributed by atoms with Gasteiger partial charge in [0.05, 0.1) is 11.4 Å². The van der Waals surface area contributed by atoms with Gasteiger partial charge < -0.3 is 4.98 Å². The number of nitrogens with one attached hydrogen (secondary N) is 1. The van der Waals surface area contributed by atoms with Crippen molar-refractivity contribution in [3.05, 3.63) is 48.3 Å². The molecule has 0 fully saturated rings. The molecule has 0 aliphatic carbocycles. The van der Waals surface area contributed by atoms with E-state index in [1.807, 2.05) is 36.4 Å². The van der Waals surface area contributed by atoms with Gasteiger partial charge in [-0.3, -0.25) is 4.79 Å². The Morgan fingerprint density at radius 3 is 2.88 bits per heavy atom. The van der Waals surface area contributed by atoms with Crippen LogP contribution in [0.4, 0.5) is 0 Å². The lowest BCUT2D eigenvalue weighted by atomic mass is 10.1. The average molecular weight is 223 g/mol. The predicted molar refractivity (Wildman–Crippen MR) is 64.7 cm³/mol. The minimum atomic E-state index is 0.580. The molecule has 0 aliphatic heterocycles. The van der Waals surface area contributed by atoms with Gasteiger partial charge in [-0.25, -0.2) is 0 Å². The molecular formula is C13H9N3O. The molecular weight excluding hydrogens is 214 g/mol. The maximum absolute atomic E-state index is 10.7. The summed E-state index contributed by atoms with van der Waals surface area (Å²) in [6, 6.07) is 11.5. The standard InChI is InChI=1S/C13H9N3O/c17-8-11-6-9-3-4-10(7-13(9)15-11)12-2-1-5-14-16-12/h1-8,15H. The fraction of sp³-hybridized carbons (Fsp3) is 0. The number of nitrogens with zero attached hydrogens (tertiary/aromatic N) is 2. The summed E-state index contributed by atoms with van der Waals surface area (Å²) in [5, 5.41) is 8.91. The van der Waals surface area contributed by atoms with Crippen LogP contribution in [0.5, 0.6) is 0 Å². The minimum absolute atomic E-state index is 0.580. The van der Waals surface area contributed by atoms with Crippen LogP contribution in [0, 0.1) is 0 Å². The summed E-state index contributed by atoms with van der Waals surface area (Å²) in [4.78, 5) is 13.7. The van der Waals surface area contributed by atoms with Crippen LogP contribution >= 0.6 is 0 Å². The molecule has 2 aromatic heterocycles. The topological polar surface area (TPSA) is 58.6 Å². The van der Waals surface area contributed by atoms with Crippen molar-refractivity contribution in [2.24, 2.45) is 0 Å². The van der Waals surface area contributed by atoms with E-state index in [9.17, 15) is 4.79 Å². The number of benzene rings is 1. The summed E-state index contributed by atoms with van der Waals surface area (Å²) in [6.45, 7) is 0. The SMILES string of the molecule is O=Cc1cc2ccc(-c3cccnn3)cc2[nH]1. The molecule has 2 heterocycles. The highest BCUT2D eigenvalue weighted by Gasteiger charge is 2.03. The molecule has 0 bridgehead atoms. The number of H-pyrrole nitrogens is 1. The highest BCUT2D eigenvalue weighted by atomic mass is 16.1. The van der Waals surface area contributed by atoms with E-state index < -0.39 is 0 Å². The van der Waals surface area contributed by atoms with Crippen molar-refractivity contribution >= 4 is 17.2 Å². The fourth-order valence-electron chi connectivity index (χ4n) is 1.83. The first-order valence-electron chi connectivity index (χ1n) is 5.23. The van der Waals surface area contributed by atoms with Crippen LogP contribution in [0.2, 0.25) is 0 Å². The second-order valence-corrected chi connectivity index (χ2v) is 3.75. The number of hydrogen-bond donors (Lipinski definition) is 1. The Morgan fingerprint density at radius 2 is 2.12 bits per heavy atom. The van der Waals surface area contributed by atoms with Gasteiger partial charge in [0.25, 0.3) is 0 Å². The molecule has 17 heavy (non-hydrogen) atoms. The van der Waals surface area contributed by atoms with Crippen molar-refractivity contribution < 1.29 is 4.79 Å². The third-order valence-electron chi connectivity index (χ3n) is 2.64. The van der Waals surface area contributed by atoms with E-state index in [1.54, 1.807) is 6.20 Å². The number of aromatic amines is 1. The second kappa shape index (κ2) is 3.83. The molecule has 0 spiro atoms. The van der Waals surface area contributed by atoms with Crippen molar-refractivity contribution in [2.45, 2.75) is 0 Å². The number of aromatic nitrogens is 3. The van der Waals surface area contributed by atoms with Gasteiger partial charge in [0, 0.05) is 22.7 Å². The Bertz CT molecular complexity index is 673. The number of carbonyl (C=O) groups is 1. The lowest BCUT2D eigenvalue weighted by molar-refractivity contribution is 0.112. The lowest BCUT2D eigenvalue weighted by Gasteiger charge is -1.99. The van der Waals surface area contributed by atoms with Gasteiger partial charge in [-0.05, 0) is 24.3 Å². The number of carbonyl (C=O) groups excluding carboxylic acids is 1. The lowest BCUT2D eigenvalue weighted by Crippen LogP contribution is -1.85.